The summed E-state index contributed by atoms with van der Waals surface area (Å²) in [7, 11) is 3.33. The predicted octanol–water partition coefficient (Wildman–Crippen LogP) is 5.06. The Labute approximate surface area is 222 Å². The van der Waals surface area contributed by atoms with Crippen molar-refractivity contribution in [3.05, 3.63) is 64.9 Å². The van der Waals surface area contributed by atoms with Gasteiger partial charge in [0.15, 0.2) is 0 Å². The SMILES string of the molecule is CN(C)C(=O)O[C@@H]1CN[C@H](C#Cc2cc3c(Nc4ccc(Oc5ccccn5)c(Cl)c4)ncnc3s2)C1. The van der Waals surface area contributed by atoms with Crippen LogP contribution in [-0.2, 0) is 4.74 Å². The number of ether oxygens (including phenoxy) is 2. The molecular formula is C26H23ClN6O3S. The van der Waals surface area contributed by atoms with E-state index in [4.69, 9.17) is 21.1 Å². The molecular weight excluding hydrogens is 512 g/mol. The van der Waals surface area contributed by atoms with Crippen LogP contribution in [0.2, 0.25) is 5.02 Å². The van der Waals surface area contributed by atoms with E-state index in [0.29, 0.717) is 35.4 Å². The smallest absolute Gasteiger partial charge is 0.409 e. The molecule has 4 heterocycles. The Morgan fingerprint density at radius 2 is 2.11 bits per heavy atom. The number of amides is 1. The second-order valence-corrected chi connectivity index (χ2v) is 9.90. The van der Waals surface area contributed by atoms with Crippen LogP contribution in [-0.4, -0.2) is 58.7 Å². The van der Waals surface area contributed by atoms with Crippen molar-refractivity contribution < 1.29 is 14.3 Å². The third-order valence-electron chi connectivity index (χ3n) is 5.47. The van der Waals surface area contributed by atoms with Crippen LogP contribution in [0.25, 0.3) is 10.2 Å². The quantitative estimate of drug-likeness (QED) is 0.343. The summed E-state index contributed by atoms with van der Waals surface area (Å²) in [5.41, 5.74) is 0.755. The van der Waals surface area contributed by atoms with Crippen molar-refractivity contribution in [2.75, 3.05) is 26.0 Å². The van der Waals surface area contributed by atoms with Gasteiger partial charge in [-0.3, -0.25) is 5.32 Å². The van der Waals surface area contributed by atoms with E-state index in [1.165, 1.54) is 22.6 Å². The zero-order valence-electron chi connectivity index (χ0n) is 20.1. The number of hydrogen-bond donors (Lipinski definition) is 2. The molecule has 1 aromatic carbocycles. The number of anilines is 2. The number of rotatable bonds is 5. The van der Waals surface area contributed by atoms with E-state index in [9.17, 15) is 4.79 Å². The van der Waals surface area contributed by atoms with Gasteiger partial charge >= 0.3 is 6.09 Å². The predicted molar refractivity (Wildman–Crippen MR) is 144 cm³/mol. The number of benzene rings is 1. The lowest BCUT2D eigenvalue weighted by molar-refractivity contribution is 0.0826. The molecule has 4 aromatic rings. The first-order valence-electron chi connectivity index (χ1n) is 11.5. The standard InChI is InChI=1S/C26H23ClN6O3S/c1-33(2)26(34)35-18-11-16(29-14-18)6-8-19-13-20-24(30-15-31-25(20)37-19)32-17-7-9-22(21(27)12-17)36-23-5-3-4-10-28-23/h3-5,7,9-10,12-13,15-16,18,29H,11,14H2,1-2H3,(H,30,31,32)/t16-,18+/m1/s1. The third kappa shape index (κ3) is 6.09. The summed E-state index contributed by atoms with van der Waals surface area (Å²) >= 11 is 7.94. The van der Waals surface area contributed by atoms with Gasteiger partial charge in [-0.25, -0.2) is 19.7 Å². The lowest BCUT2D eigenvalue weighted by Crippen LogP contribution is -2.29. The zero-order valence-corrected chi connectivity index (χ0v) is 21.6. The molecule has 5 rings (SSSR count). The van der Waals surface area contributed by atoms with Gasteiger partial charge in [0.05, 0.1) is 21.3 Å². The molecule has 1 amide bonds. The highest BCUT2D eigenvalue weighted by Crippen LogP contribution is 2.34. The Kier molecular flexibility index (Phi) is 7.37. The highest BCUT2D eigenvalue weighted by atomic mass is 35.5. The van der Waals surface area contributed by atoms with E-state index in [2.05, 4.69) is 37.4 Å². The van der Waals surface area contributed by atoms with Gasteiger partial charge in [0.1, 0.15) is 28.8 Å². The summed E-state index contributed by atoms with van der Waals surface area (Å²) in [4.78, 5) is 27.8. The molecule has 0 spiro atoms. The van der Waals surface area contributed by atoms with Gasteiger partial charge in [-0.2, -0.15) is 0 Å². The number of pyridine rings is 1. The minimum atomic E-state index is -0.347. The lowest BCUT2D eigenvalue weighted by atomic mass is 10.2. The number of fused-ring (bicyclic) bond motifs is 1. The Morgan fingerprint density at radius 1 is 1.22 bits per heavy atom. The Balaban J connectivity index is 1.27. The van der Waals surface area contributed by atoms with Gasteiger partial charge in [-0.05, 0) is 30.3 Å². The molecule has 1 aliphatic rings. The molecule has 0 unspecified atom stereocenters. The molecule has 0 bridgehead atoms. The summed E-state index contributed by atoms with van der Waals surface area (Å²) in [6.45, 7) is 0.582. The van der Waals surface area contributed by atoms with Crippen LogP contribution >= 0.6 is 22.9 Å². The molecule has 1 saturated heterocycles. The summed E-state index contributed by atoms with van der Waals surface area (Å²) in [5, 5.41) is 7.90. The van der Waals surface area contributed by atoms with Crippen LogP contribution in [0.1, 0.15) is 11.3 Å². The molecule has 0 saturated carbocycles. The van der Waals surface area contributed by atoms with Crippen molar-refractivity contribution in [2.45, 2.75) is 18.6 Å². The largest absolute Gasteiger partial charge is 0.445 e. The van der Waals surface area contributed by atoms with Crippen molar-refractivity contribution >= 4 is 50.8 Å². The third-order valence-corrected chi connectivity index (χ3v) is 6.72. The maximum Gasteiger partial charge on any atom is 0.409 e. The molecule has 2 atom stereocenters. The van der Waals surface area contributed by atoms with Crippen LogP contribution < -0.4 is 15.4 Å². The van der Waals surface area contributed by atoms with Crippen molar-refractivity contribution in [1.82, 2.24) is 25.2 Å². The van der Waals surface area contributed by atoms with Gasteiger partial charge in [0.2, 0.25) is 5.88 Å². The van der Waals surface area contributed by atoms with Crippen LogP contribution in [0.15, 0.2) is 55.0 Å². The first kappa shape index (κ1) is 24.8. The van der Waals surface area contributed by atoms with E-state index in [1.54, 1.807) is 38.5 Å². The molecule has 9 nitrogen and oxygen atoms in total. The molecule has 1 fully saturated rings. The molecule has 0 radical (unpaired) electrons. The average Bonchev–Trinajstić information content (AvgIpc) is 3.52. The first-order valence-corrected chi connectivity index (χ1v) is 12.7. The number of aromatic nitrogens is 3. The minimum absolute atomic E-state index is 0.0529. The molecule has 37 heavy (non-hydrogen) atoms. The molecule has 0 aliphatic carbocycles. The van der Waals surface area contributed by atoms with Gasteiger partial charge in [0.25, 0.3) is 0 Å². The summed E-state index contributed by atoms with van der Waals surface area (Å²) in [6.07, 6.45) is 3.28. The van der Waals surface area contributed by atoms with Crippen molar-refractivity contribution in [3.63, 3.8) is 0 Å². The number of carbonyl (C=O) groups is 1. The lowest BCUT2D eigenvalue weighted by Gasteiger charge is -2.15. The van der Waals surface area contributed by atoms with Gasteiger partial charge in [0, 0.05) is 45.0 Å². The zero-order chi connectivity index (χ0) is 25.8. The van der Waals surface area contributed by atoms with E-state index in [1.807, 2.05) is 24.3 Å². The summed E-state index contributed by atoms with van der Waals surface area (Å²) in [6, 6.07) is 12.7. The average molecular weight is 535 g/mol. The van der Waals surface area contributed by atoms with Crippen molar-refractivity contribution in [2.24, 2.45) is 0 Å². The molecule has 1 aliphatic heterocycles. The Hall–Kier alpha value is -3.91. The fourth-order valence-electron chi connectivity index (χ4n) is 3.64. The first-order chi connectivity index (χ1) is 17.9. The maximum atomic E-state index is 11.8. The van der Waals surface area contributed by atoms with Crippen LogP contribution in [0.5, 0.6) is 11.6 Å². The maximum absolute atomic E-state index is 11.8. The van der Waals surface area contributed by atoms with Crippen LogP contribution in [0.4, 0.5) is 16.3 Å². The minimum Gasteiger partial charge on any atom is -0.445 e. The van der Waals surface area contributed by atoms with Gasteiger partial charge < -0.3 is 19.7 Å². The van der Waals surface area contributed by atoms with E-state index >= 15 is 0 Å². The number of nitrogens with zero attached hydrogens (tertiary/aromatic N) is 4. The fraction of sp³-hybridized carbons (Fsp3) is 0.231. The normalized spacial score (nSPS) is 16.6. The van der Waals surface area contributed by atoms with Gasteiger partial charge in [-0.15, -0.1) is 11.3 Å². The number of nitrogens with one attached hydrogen (secondary N) is 2. The monoisotopic (exact) mass is 534 g/mol. The summed E-state index contributed by atoms with van der Waals surface area (Å²) in [5.74, 6) is 8.08. The topological polar surface area (TPSA) is 102 Å². The Bertz CT molecular complexity index is 1480. The molecule has 3 aromatic heterocycles. The van der Waals surface area contributed by atoms with Crippen molar-refractivity contribution in [3.8, 4) is 23.5 Å². The second kappa shape index (κ2) is 11.0. The summed E-state index contributed by atoms with van der Waals surface area (Å²) < 4.78 is 11.2. The van der Waals surface area contributed by atoms with Gasteiger partial charge in [-0.1, -0.05) is 29.5 Å². The van der Waals surface area contributed by atoms with E-state index < -0.39 is 0 Å². The number of hydrogen-bond acceptors (Lipinski definition) is 9. The van der Waals surface area contributed by atoms with Crippen LogP contribution in [0, 0.1) is 11.8 Å². The number of thiophene rings is 1. The molecule has 11 heteroatoms. The number of halogens is 1. The second-order valence-electron chi connectivity index (χ2n) is 8.46. The van der Waals surface area contributed by atoms with E-state index in [-0.39, 0.29) is 18.2 Å². The molecule has 188 valence electrons. The highest BCUT2D eigenvalue weighted by molar-refractivity contribution is 7.19. The highest BCUT2D eigenvalue weighted by Gasteiger charge is 2.26. The number of carbonyl (C=O) groups excluding carboxylic acids is 1. The molecule has 2 N–H and O–H groups in total. The van der Waals surface area contributed by atoms with E-state index in [0.717, 1.165) is 20.8 Å². The fourth-order valence-corrected chi connectivity index (χ4v) is 4.72. The van der Waals surface area contributed by atoms with Crippen LogP contribution in [0.3, 0.4) is 0 Å². The Morgan fingerprint density at radius 3 is 2.89 bits per heavy atom. The van der Waals surface area contributed by atoms with Crippen molar-refractivity contribution in [1.29, 1.82) is 0 Å².